The normalized spacial score (nSPS) is 15.7. The molecule has 8 nitrogen and oxygen atoms in total. The van der Waals surface area contributed by atoms with Crippen molar-refractivity contribution >= 4 is 22.5 Å². The van der Waals surface area contributed by atoms with Gasteiger partial charge in [-0.25, -0.2) is 14.4 Å². The third kappa shape index (κ3) is 3.10. The Morgan fingerprint density at radius 2 is 1.93 bits per heavy atom. The zero-order valence-corrected chi connectivity index (χ0v) is 15.5. The number of hydrogen-bond acceptors (Lipinski definition) is 7. The van der Waals surface area contributed by atoms with Crippen LogP contribution in [0.5, 0.6) is 0 Å². The van der Waals surface area contributed by atoms with Crippen LogP contribution in [0, 0.1) is 12.7 Å². The molecule has 0 aliphatic carbocycles. The summed E-state index contributed by atoms with van der Waals surface area (Å²) in [7, 11) is 0. The van der Waals surface area contributed by atoms with Crippen LogP contribution in [-0.2, 0) is 15.3 Å². The highest BCUT2D eigenvalue weighted by Crippen LogP contribution is 2.37. The van der Waals surface area contributed by atoms with E-state index < -0.39 is 11.6 Å². The summed E-state index contributed by atoms with van der Waals surface area (Å²) >= 11 is 0. The number of benzene rings is 1. The minimum absolute atomic E-state index is 0.280. The number of fused-ring (bicyclic) bond motifs is 1. The Hall–Kier alpha value is -3.43. The fourth-order valence-electron chi connectivity index (χ4n) is 3.30. The Bertz CT molecular complexity index is 1170. The van der Waals surface area contributed by atoms with Crippen LogP contribution in [0.25, 0.3) is 10.9 Å². The van der Waals surface area contributed by atoms with Gasteiger partial charge in [0.2, 0.25) is 0 Å². The molecule has 2 N–H and O–H groups in total. The van der Waals surface area contributed by atoms with Gasteiger partial charge in [0.15, 0.2) is 11.6 Å². The summed E-state index contributed by atoms with van der Waals surface area (Å²) in [5, 5.41) is 11.2. The summed E-state index contributed by atoms with van der Waals surface area (Å²) in [4.78, 5) is 13.5. The van der Waals surface area contributed by atoms with Crippen molar-refractivity contribution in [1.82, 2.24) is 25.1 Å². The number of nitrogens with one attached hydrogen (secondary N) is 2. The number of pyridine rings is 1. The third-order valence-electron chi connectivity index (χ3n) is 4.61. The van der Waals surface area contributed by atoms with Crippen LogP contribution in [0.1, 0.15) is 17.2 Å². The molecule has 3 aromatic heterocycles. The van der Waals surface area contributed by atoms with Crippen LogP contribution in [0.4, 0.5) is 16.0 Å². The van der Waals surface area contributed by atoms with Crippen molar-refractivity contribution < 1.29 is 13.9 Å². The number of rotatable bonds is 4. The molecule has 9 heteroatoms. The van der Waals surface area contributed by atoms with Gasteiger partial charge in [-0.1, -0.05) is 12.1 Å². The van der Waals surface area contributed by atoms with Gasteiger partial charge in [-0.3, -0.25) is 10.1 Å². The minimum atomic E-state index is -1.41. The molecular weight excluding hydrogens is 375 g/mol. The van der Waals surface area contributed by atoms with E-state index in [9.17, 15) is 4.39 Å². The lowest BCUT2D eigenvalue weighted by molar-refractivity contribution is -0.139. The predicted octanol–water partition coefficient (Wildman–Crippen LogP) is 3.19. The molecule has 0 radical (unpaired) electrons. The molecule has 29 heavy (non-hydrogen) atoms. The lowest BCUT2D eigenvalue weighted by Gasteiger charge is -2.25. The summed E-state index contributed by atoms with van der Waals surface area (Å²) in [5.41, 5.74) is 2.00. The van der Waals surface area contributed by atoms with Gasteiger partial charge in [-0.05, 0) is 31.2 Å². The molecule has 1 aromatic carbocycles. The summed E-state index contributed by atoms with van der Waals surface area (Å²) in [6.45, 7) is 2.60. The third-order valence-corrected chi connectivity index (χ3v) is 4.61. The number of aromatic amines is 1. The van der Waals surface area contributed by atoms with E-state index in [-0.39, 0.29) is 5.82 Å². The molecule has 5 rings (SSSR count). The van der Waals surface area contributed by atoms with Crippen molar-refractivity contribution in [2.45, 2.75) is 12.7 Å². The smallest absolute Gasteiger partial charge is 0.275 e. The average Bonchev–Trinajstić information content (AvgIpc) is 3.38. The average molecular weight is 392 g/mol. The van der Waals surface area contributed by atoms with Gasteiger partial charge in [-0.2, -0.15) is 5.10 Å². The standard InChI is InChI=1S/C20H17FN6O2/c1-12-10-17(27-26-12)24-18-14-4-2-3-5-15(14)23-19(25-18)20(28-8-9-29-20)16-7-6-13(21)11-22-16/h2-7,10-11H,8-9H2,1H3,(H2,23,24,25,26,27). The highest BCUT2D eigenvalue weighted by atomic mass is 19.1. The number of aryl methyl sites for hydroxylation is 1. The summed E-state index contributed by atoms with van der Waals surface area (Å²) in [5.74, 6) is -0.396. The fourth-order valence-corrected chi connectivity index (χ4v) is 3.30. The van der Waals surface area contributed by atoms with Gasteiger partial charge >= 0.3 is 0 Å². The Kier molecular flexibility index (Phi) is 4.18. The molecule has 1 aliphatic heterocycles. The van der Waals surface area contributed by atoms with E-state index in [0.717, 1.165) is 17.3 Å². The Labute approximate surface area is 165 Å². The molecule has 0 unspecified atom stereocenters. The van der Waals surface area contributed by atoms with Gasteiger partial charge in [0.05, 0.1) is 24.9 Å². The van der Waals surface area contributed by atoms with Crippen molar-refractivity contribution in [1.29, 1.82) is 0 Å². The van der Waals surface area contributed by atoms with Crippen LogP contribution in [-0.4, -0.2) is 38.4 Å². The zero-order valence-electron chi connectivity index (χ0n) is 15.5. The van der Waals surface area contributed by atoms with Crippen molar-refractivity contribution in [3.8, 4) is 0 Å². The number of ether oxygens (including phenoxy) is 2. The highest BCUT2D eigenvalue weighted by molar-refractivity contribution is 5.90. The first-order valence-corrected chi connectivity index (χ1v) is 9.10. The molecule has 0 amide bonds. The molecule has 146 valence electrons. The summed E-state index contributed by atoms with van der Waals surface area (Å²) in [6.07, 6.45) is 1.12. The zero-order chi connectivity index (χ0) is 19.8. The van der Waals surface area contributed by atoms with Crippen molar-refractivity contribution in [3.05, 3.63) is 71.7 Å². The molecular formula is C20H17FN6O2. The molecule has 4 heterocycles. The van der Waals surface area contributed by atoms with E-state index in [1.807, 2.05) is 37.3 Å². The van der Waals surface area contributed by atoms with Crippen molar-refractivity contribution in [3.63, 3.8) is 0 Å². The largest absolute Gasteiger partial charge is 0.336 e. The number of para-hydroxylation sites is 1. The SMILES string of the molecule is Cc1cc(Nc2nc(C3(c4ccc(F)cn4)OCCO3)nc3ccccc23)n[nH]1. The molecule has 4 aromatic rings. The van der Waals surface area contributed by atoms with Gasteiger partial charge < -0.3 is 14.8 Å². The Balaban J connectivity index is 1.68. The minimum Gasteiger partial charge on any atom is -0.336 e. The number of halogens is 1. The lowest BCUT2D eigenvalue weighted by Crippen LogP contribution is -2.32. The number of nitrogens with zero attached hydrogens (tertiary/aromatic N) is 4. The van der Waals surface area contributed by atoms with E-state index in [1.54, 1.807) is 0 Å². The molecule has 0 atom stereocenters. The van der Waals surface area contributed by atoms with E-state index >= 15 is 0 Å². The second-order valence-electron chi connectivity index (χ2n) is 6.65. The first-order chi connectivity index (χ1) is 14.1. The number of aromatic nitrogens is 5. The maximum atomic E-state index is 13.4. The monoisotopic (exact) mass is 392 g/mol. The molecule has 1 saturated heterocycles. The van der Waals surface area contributed by atoms with Crippen molar-refractivity contribution in [2.75, 3.05) is 18.5 Å². The van der Waals surface area contributed by atoms with Crippen LogP contribution in [0.3, 0.4) is 0 Å². The van der Waals surface area contributed by atoms with E-state index in [0.29, 0.717) is 36.1 Å². The first kappa shape index (κ1) is 17.7. The lowest BCUT2D eigenvalue weighted by atomic mass is 10.1. The predicted molar refractivity (Wildman–Crippen MR) is 103 cm³/mol. The fraction of sp³-hybridized carbons (Fsp3) is 0.200. The van der Waals surface area contributed by atoms with Crippen LogP contribution < -0.4 is 5.32 Å². The maximum Gasteiger partial charge on any atom is 0.275 e. The van der Waals surface area contributed by atoms with Gasteiger partial charge in [0.25, 0.3) is 5.79 Å². The number of H-pyrrole nitrogens is 1. The topological polar surface area (TPSA) is 97.8 Å². The molecule has 1 aliphatic rings. The van der Waals surface area contributed by atoms with E-state index in [1.165, 1.54) is 12.1 Å². The van der Waals surface area contributed by atoms with Gasteiger partial charge in [-0.15, -0.1) is 0 Å². The molecule has 0 saturated carbocycles. The second kappa shape index (κ2) is 6.87. The Morgan fingerprint density at radius 3 is 2.66 bits per heavy atom. The van der Waals surface area contributed by atoms with E-state index in [4.69, 9.17) is 14.5 Å². The van der Waals surface area contributed by atoms with Crippen LogP contribution in [0.15, 0.2) is 48.7 Å². The highest BCUT2D eigenvalue weighted by Gasteiger charge is 2.45. The molecule has 0 bridgehead atoms. The van der Waals surface area contributed by atoms with Gasteiger partial charge in [0.1, 0.15) is 17.3 Å². The Morgan fingerprint density at radius 1 is 1.10 bits per heavy atom. The second-order valence-corrected chi connectivity index (χ2v) is 6.65. The summed E-state index contributed by atoms with van der Waals surface area (Å²) < 4.78 is 25.3. The molecule has 1 fully saturated rings. The van der Waals surface area contributed by atoms with Crippen LogP contribution in [0.2, 0.25) is 0 Å². The quantitative estimate of drug-likeness (QED) is 0.550. The molecule has 0 spiro atoms. The van der Waals surface area contributed by atoms with Crippen molar-refractivity contribution in [2.24, 2.45) is 0 Å². The van der Waals surface area contributed by atoms with Crippen LogP contribution >= 0.6 is 0 Å². The van der Waals surface area contributed by atoms with Gasteiger partial charge in [0, 0.05) is 17.1 Å². The van der Waals surface area contributed by atoms with E-state index in [2.05, 4.69) is 25.5 Å². The maximum absolute atomic E-state index is 13.4. The first-order valence-electron chi connectivity index (χ1n) is 9.10. The number of anilines is 2. The summed E-state index contributed by atoms with van der Waals surface area (Å²) in [6, 6.07) is 12.3. The number of hydrogen-bond donors (Lipinski definition) is 2.